The normalized spacial score (nSPS) is 15.0. The van der Waals surface area contributed by atoms with Crippen molar-refractivity contribution in [3.8, 4) is 0 Å². The van der Waals surface area contributed by atoms with Gasteiger partial charge in [0.05, 0.1) is 30.5 Å². The van der Waals surface area contributed by atoms with Gasteiger partial charge in [0.2, 0.25) is 11.8 Å². The molecular weight excluding hydrogens is 512 g/mol. The third-order valence-corrected chi connectivity index (χ3v) is 6.81. The highest BCUT2D eigenvalue weighted by Gasteiger charge is 2.37. The van der Waals surface area contributed by atoms with Gasteiger partial charge in [-0.15, -0.1) is 11.3 Å². The molecule has 1 aromatic carbocycles. The van der Waals surface area contributed by atoms with E-state index in [1.165, 1.54) is 38.7 Å². The van der Waals surface area contributed by atoms with Crippen molar-refractivity contribution in [2.45, 2.75) is 57.3 Å². The maximum atomic E-state index is 13.3. The molecule has 1 aromatic heterocycles. The van der Waals surface area contributed by atoms with Crippen LogP contribution in [-0.4, -0.2) is 84.8 Å². The van der Waals surface area contributed by atoms with Gasteiger partial charge in [0.15, 0.2) is 5.78 Å². The highest BCUT2D eigenvalue weighted by Crippen LogP contribution is 2.16. The second kappa shape index (κ2) is 14.7. The maximum Gasteiger partial charge on any atom is 0.263 e. The Morgan fingerprint density at radius 1 is 0.974 bits per heavy atom. The average molecular weight is 549 g/mol. The van der Waals surface area contributed by atoms with Crippen molar-refractivity contribution in [1.29, 1.82) is 0 Å². The molecule has 0 saturated heterocycles. The molecule has 4 N–H and O–H groups in total. The molecule has 0 aliphatic rings. The van der Waals surface area contributed by atoms with Crippen molar-refractivity contribution >= 4 is 34.8 Å². The Kier molecular flexibility index (Phi) is 12.0. The molecule has 0 radical (unpaired) electrons. The van der Waals surface area contributed by atoms with Crippen molar-refractivity contribution in [1.82, 2.24) is 20.9 Å². The molecule has 0 aliphatic heterocycles. The Balaban J connectivity index is 2.18. The van der Waals surface area contributed by atoms with E-state index in [9.17, 15) is 24.3 Å². The molecule has 208 valence electrons. The number of carbonyl (C=O) groups excluding carboxylic acids is 4. The van der Waals surface area contributed by atoms with Crippen molar-refractivity contribution in [3.05, 3.63) is 52.0 Å². The van der Waals surface area contributed by atoms with E-state index in [0.29, 0.717) is 9.88 Å². The van der Waals surface area contributed by atoms with E-state index in [1.807, 2.05) is 30.3 Å². The number of ether oxygens (including phenoxy) is 2. The van der Waals surface area contributed by atoms with E-state index >= 15 is 0 Å². The van der Waals surface area contributed by atoms with Gasteiger partial charge >= 0.3 is 0 Å². The first-order chi connectivity index (χ1) is 18.0. The lowest BCUT2D eigenvalue weighted by molar-refractivity contribution is -0.141. The predicted octanol–water partition coefficient (Wildman–Crippen LogP) is 0.785. The average Bonchev–Trinajstić information content (AvgIpc) is 3.34. The Morgan fingerprint density at radius 2 is 1.53 bits per heavy atom. The summed E-state index contributed by atoms with van der Waals surface area (Å²) in [6.45, 7) is 4.48. The standard InChI is InChI=1S/C26H36N4O7S/c1-6-26(3,35)22(31)18(12-17-10-8-7-9-11-17)28-23(32)19(14-36-4)29-24(33)20(15-37-5)30-25(34)21-13-27-16(2)38-21/h7-11,13,18-20,35H,6,12,14-15H2,1-5H3,(H,28,32)(H,29,33)(H,30,34)/t18-,19-,20-,26+/m0/s1. The fourth-order valence-corrected chi connectivity index (χ4v) is 4.23. The molecule has 0 unspecified atom stereocenters. The van der Waals surface area contributed by atoms with Crippen LogP contribution in [0.2, 0.25) is 0 Å². The highest BCUT2D eigenvalue weighted by molar-refractivity contribution is 7.13. The number of Topliss-reactive ketones (excluding diaryl/α,β-unsaturated/α-hetero) is 1. The van der Waals surface area contributed by atoms with Gasteiger partial charge in [-0.05, 0) is 32.3 Å². The lowest BCUT2D eigenvalue weighted by atomic mass is 9.89. The summed E-state index contributed by atoms with van der Waals surface area (Å²) >= 11 is 1.18. The van der Waals surface area contributed by atoms with Gasteiger partial charge in [-0.1, -0.05) is 37.3 Å². The topological polar surface area (TPSA) is 156 Å². The summed E-state index contributed by atoms with van der Waals surface area (Å²) in [5, 5.41) is 19.1. The third kappa shape index (κ3) is 8.98. The van der Waals surface area contributed by atoms with Crippen LogP contribution in [-0.2, 0) is 30.3 Å². The van der Waals surface area contributed by atoms with Crippen molar-refractivity contribution in [2.75, 3.05) is 27.4 Å². The van der Waals surface area contributed by atoms with Crippen LogP contribution in [0.1, 0.15) is 40.5 Å². The smallest absolute Gasteiger partial charge is 0.263 e. The lowest BCUT2D eigenvalue weighted by Gasteiger charge is -2.29. The van der Waals surface area contributed by atoms with Gasteiger partial charge < -0.3 is 30.5 Å². The van der Waals surface area contributed by atoms with Crippen LogP contribution < -0.4 is 16.0 Å². The number of methoxy groups -OCH3 is 2. The van der Waals surface area contributed by atoms with Crippen LogP contribution in [0, 0.1) is 6.92 Å². The van der Waals surface area contributed by atoms with E-state index < -0.39 is 47.2 Å². The van der Waals surface area contributed by atoms with Crippen LogP contribution in [0.3, 0.4) is 0 Å². The second-order valence-corrected chi connectivity index (χ2v) is 10.2. The molecule has 4 atom stereocenters. The Labute approximate surface area is 226 Å². The van der Waals surface area contributed by atoms with Crippen LogP contribution in [0.4, 0.5) is 0 Å². The summed E-state index contributed by atoms with van der Waals surface area (Å²) in [5.74, 6) is -2.41. The van der Waals surface area contributed by atoms with Gasteiger partial charge in [-0.25, -0.2) is 4.98 Å². The van der Waals surface area contributed by atoms with Gasteiger partial charge in [-0.2, -0.15) is 0 Å². The number of hydrogen-bond acceptors (Lipinski definition) is 9. The molecule has 38 heavy (non-hydrogen) atoms. The molecule has 12 heteroatoms. The highest BCUT2D eigenvalue weighted by atomic mass is 32.1. The monoisotopic (exact) mass is 548 g/mol. The van der Waals surface area contributed by atoms with Crippen LogP contribution in [0.5, 0.6) is 0 Å². The molecule has 3 amide bonds. The van der Waals surface area contributed by atoms with Crippen molar-refractivity contribution < 1.29 is 33.8 Å². The van der Waals surface area contributed by atoms with Gasteiger partial charge in [-0.3, -0.25) is 19.2 Å². The number of thiazole rings is 1. The predicted molar refractivity (Wildman–Crippen MR) is 142 cm³/mol. The van der Waals surface area contributed by atoms with E-state index in [-0.39, 0.29) is 26.1 Å². The summed E-state index contributed by atoms with van der Waals surface area (Å²) in [6.07, 6.45) is 1.71. The maximum absolute atomic E-state index is 13.3. The van der Waals surface area contributed by atoms with Crippen LogP contribution in [0.25, 0.3) is 0 Å². The van der Waals surface area contributed by atoms with Crippen molar-refractivity contribution in [2.24, 2.45) is 0 Å². The van der Waals surface area contributed by atoms with Gasteiger partial charge in [0, 0.05) is 14.2 Å². The van der Waals surface area contributed by atoms with E-state index in [4.69, 9.17) is 9.47 Å². The number of benzene rings is 1. The Morgan fingerprint density at radius 3 is 2.03 bits per heavy atom. The minimum Gasteiger partial charge on any atom is -0.382 e. The molecule has 0 aliphatic carbocycles. The molecule has 0 bridgehead atoms. The number of aryl methyl sites for hydroxylation is 1. The van der Waals surface area contributed by atoms with E-state index in [0.717, 1.165) is 5.56 Å². The minimum absolute atomic E-state index is 0.145. The number of ketones is 1. The molecule has 0 saturated carbocycles. The minimum atomic E-state index is -1.66. The summed E-state index contributed by atoms with van der Waals surface area (Å²) in [4.78, 5) is 56.4. The fourth-order valence-electron chi connectivity index (χ4n) is 3.55. The van der Waals surface area contributed by atoms with Crippen LogP contribution in [0.15, 0.2) is 36.5 Å². The summed E-state index contributed by atoms with van der Waals surface area (Å²) in [7, 11) is 2.74. The Hall–Kier alpha value is -3.19. The number of hydrogen-bond donors (Lipinski definition) is 4. The quantitative estimate of drug-likeness (QED) is 0.255. The number of aliphatic hydroxyl groups is 1. The van der Waals surface area contributed by atoms with E-state index in [2.05, 4.69) is 20.9 Å². The number of nitrogens with one attached hydrogen (secondary N) is 3. The third-order valence-electron chi connectivity index (χ3n) is 5.90. The molecule has 11 nitrogen and oxygen atoms in total. The number of nitrogens with zero attached hydrogens (tertiary/aromatic N) is 1. The summed E-state index contributed by atoms with van der Waals surface area (Å²) in [5.41, 5.74) is -0.873. The molecule has 2 aromatic rings. The molecular formula is C26H36N4O7S. The molecule has 0 spiro atoms. The van der Waals surface area contributed by atoms with Gasteiger partial charge in [0.25, 0.3) is 5.91 Å². The summed E-state index contributed by atoms with van der Waals surface area (Å²) in [6, 6.07) is 5.72. The first kappa shape index (κ1) is 31.0. The largest absolute Gasteiger partial charge is 0.382 e. The zero-order valence-electron chi connectivity index (χ0n) is 22.3. The fraction of sp³-hybridized carbons (Fsp3) is 0.500. The van der Waals surface area contributed by atoms with Crippen LogP contribution >= 0.6 is 11.3 Å². The number of carbonyl (C=O) groups is 4. The first-order valence-corrected chi connectivity index (χ1v) is 13.0. The second-order valence-electron chi connectivity index (χ2n) is 8.98. The SMILES string of the molecule is CC[C@@](C)(O)C(=O)[C@H](Cc1ccccc1)NC(=O)[C@H](COC)NC(=O)[C@H](COC)NC(=O)c1cnc(C)s1. The Bertz CT molecular complexity index is 1090. The number of amides is 3. The number of rotatable bonds is 15. The van der Waals surface area contributed by atoms with E-state index in [1.54, 1.807) is 13.8 Å². The zero-order valence-corrected chi connectivity index (χ0v) is 23.1. The van der Waals surface area contributed by atoms with Crippen molar-refractivity contribution in [3.63, 3.8) is 0 Å². The number of aromatic nitrogens is 1. The van der Waals surface area contributed by atoms with Gasteiger partial charge in [0.1, 0.15) is 22.6 Å². The molecule has 2 rings (SSSR count). The summed E-state index contributed by atoms with van der Waals surface area (Å²) < 4.78 is 10.2. The molecule has 0 fully saturated rings. The lowest BCUT2D eigenvalue weighted by Crippen LogP contribution is -2.59. The molecule has 1 heterocycles. The first-order valence-electron chi connectivity index (χ1n) is 12.1. The zero-order chi connectivity index (χ0) is 28.3.